The third-order valence-electron chi connectivity index (χ3n) is 3.44. The number of hydrogen-bond acceptors (Lipinski definition) is 2. The first kappa shape index (κ1) is 14.8. The van der Waals surface area contributed by atoms with Crippen molar-refractivity contribution in [1.29, 1.82) is 0 Å². The van der Waals surface area contributed by atoms with Gasteiger partial charge in [-0.15, -0.1) is 11.6 Å². The Bertz CT molecular complexity index is 586. The molecule has 2 rings (SSSR count). The van der Waals surface area contributed by atoms with Crippen LogP contribution in [0.4, 0.5) is 4.39 Å². The van der Waals surface area contributed by atoms with Crippen molar-refractivity contribution in [2.24, 2.45) is 5.41 Å². The van der Waals surface area contributed by atoms with Gasteiger partial charge in [-0.25, -0.2) is 12.8 Å². The predicted octanol–water partition coefficient (Wildman–Crippen LogP) is 2.99. The van der Waals surface area contributed by atoms with E-state index in [2.05, 4.69) is 0 Å². The number of halogens is 2. The highest BCUT2D eigenvalue weighted by molar-refractivity contribution is 7.89. The largest absolute Gasteiger partial charge is 0.243 e. The minimum absolute atomic E-state index is 0.0115. The Morgan fingerprint density at radius 1 is 1.42 bits per heavy atom. The van der Waals surface area contributed by atoms with Gasteiger partial charge in [0.15, 0.2) is 0 Å². The second kappa shape index (κ2) is 5.04. The van der Waals surface area contributed by atoms with Gasteiger partial charge in [0, 0.05) is 18.7 Å². The lowest BCUT2D eigenvalue weighted by Gasteiger charge is -2.20. The van der Waals surface area contributed by atoms with Crippen molar-refractivity contribution in [2.75, 3.05) is 13.1 Å². The fraction of sp³-hybridized carbons (Fsp3) is 0.538. The minimum atomic E-state index is -3.55. The van der Waals surface area contributed by atoms with E-state index in [9.17, 15) is 12.8 Å². The lowest BCUT2D eigenvalue weighted by molar-refractivity contribution is 0.375. The van der Waals surface area contributed by atoms with Gasteiger partial charge in [0.2, 0.25) is 10.0 Å². The van der Waals surface area contributed by atoms with Crippen LogP contribution in [0, 0.1) is 11.2 Å². The minimum Gasteiger partial charge on any atom is -0.207 e. The summed E-state index contributed by atoms with van der Waals surface area (Å²) in [7, 11) is -3.55. The zero-order valence-corrected chi connectivity index (χ0v) is 12.6. The maximum absolute atomic E-state index is 13.4. The first-order valence-corrected chi connectivity index (χ1v) is 8.08. The summed E-state index contributed by atoms with van der Waals surface area (Å²) in [6, 6.07) is 3.78. The molecule has 0 bridgehead atoms. The van der Waals surface area contributed by atoms with Gasteiger partial charge >= 0.3 is 0 Å². The Morgan fingerprint density at radius 3 is 2.63 bits per heavy atom. The molecule has 0 atom stereocenters. The van der Waals surface area contributed by atoms with E-state index >= 15 is 0 Å². The summed E-state index contributed by atoms with van der Waals surface area (Å²) in [5.41, 5.74) is 0.198. The average molecular weight is 306 g/mol. The number of nitrogens with zero attached hydrogens (tertiary/aromatic N) is 1. The Balaban J connectivity index is 2.35. The maximum atomic E-state index is 13.4. The molecule has 1 fully saturated rings. The van der Waals surface area contributed by atoms with Crippen LogP contribution in [0.1, 0.15) is 25.8 Å². The first-order valence-electron chi connectivity index (χ1n) is 6.11. The molecule has 1 saturated heterocycles. The van der Waals surface area contributed by atoms with Gasteiger partial charge < -0.3 is 0 Å². The average Bonchev–Trinajstić information content (AvgIpc) is 2.70. The van der Waals surface area contributed by atoms with E-state index in [1.54, 1.807) is 0 Å². The fourth-order valence-corrected chi connectivity index (χ4v) is 4.12. The molecule has 0 N–H and O–H groups in total. The van der Waals surface area contributed by atoms with E-state index < -0.39 is 15.8 Å². The molecule has 1 aromatic rings. The van der Waals surface area contributed by atoms with Gasteiger partial charge in [-0.05, 0) is 30.0 Å². The van der Waals surface area contributed by atoms with Gasteiger partial charge in [0.1, 0.15) is 5.82 Å². The van der Waals surface area contributed by atoms with Crippen molar-refractivity contribution in [1.82, 2.24) is 4.31 Å². The Hall–Kier alpha value is -0.650. The summed E-state index contributed by atoms with van der Waals surface area (Å²) in [6.07, 6.45) is 0.829. The highest BCUT2D eigenvalue weighted by Gasteiger charge is 2.36. The molecule has 0 aliphatic carbocycles. The van der Waals surface area contributed by atoms with Crippen LogP contribution in [-0.2, 0) is 15.9 Å². The van der Waals surface area contributed by atoms with Crippen molar-refractivity contribution in [3.05, 3.63) is 29.6 Å². The van der Waals surface area contributed by atoms with Crippen LogP contribution < -0.4 is 0 Å². The Labute approximate surface area is 118 Å². The highest BCUT2D eigenvalue weighted by Crippen LogP contribution is 2.33. The molecule has 1 aromatic carbocycles. The summed E-state index contributed by atoms with van der Waals surface area (Å²) >= 11 is 5.61. The van der Waals surface area contributed by atoms with Crippen LogP contribution in [-0.4, -0.2) is 25.8 Å². The summed E-state index contributed by atoms with van der Waals surface area (Å²) in [5.74, 6) is -0.517. The predicted molar refractivity (Wildman–Crippen MR) is 73.1 cm³/mol. The van der Waals surface area contributed by atoms with Crippen LogP contribution >= 0.6 is 11.6 Å². The van der Waals surface area contributed by atoms with Crippen molar-refractivity contribution in [3.8, 4) is 0 Å². The Kier molecular flexibility index (Phi) is 3.91. The van der Waals surface area contributed by atoms with Gasteiger partial charge in [-0.3, -0.25) is 0 Å². The van der Waals surface area contributed by atoms with E-state index in [4.69, 9.17) is 11.6 Å². The fourth-order valence-electron chi connectivity index (χ4n) is 2.23. The first-order chi connectivity index (χ1) is 8.76. The molecular formula is C13H17ClFNO2S. The molecular weight excluding hydrogens is 289 g/mol. The van der Waals surface area contributed by atoms with Crippen molar-refractivity contribution in [3.63, 3.8) is 0 Å². The molecule has 0 saturated carbocycles. The molecule has 106 valence electrons. The third-order valence-corrected chi connectivity index (χ3v) is 5.57. The Morgan fingerprint density at radius 2 is 2.11 bits per heavy atom. The van der Waals surface area contributed by atoms with E-state index in [0.29, 0.717) is 13.1 Å². The van der Waals surface area contributed by atoms with Crippen LogP contribution in [0.15, 0.2) is 23.1 Å². The van der Waals surface area contributed by atoms with Crippen molar-refractivity contribution < 1.29 is 12.8 Å². The number of hydrogen-bond donors (Lipinski definition) is 0. The van der Waals surface area contributed by atoms with Gasteiger partial charge in [0.25, 0.3) is 0 Å². The summed E-state index contributed by atoms with van der Waals surface area (Å²) in [6.45, 7) is 5.07. The molecule has 1 heterocycles. The van der Waals surface area contributed by atoms with Gasteiger partial charge in [-0.1, -0.05) is 13.8 Å². The van der Waals surface area contributed by atoms with Crippen LogP contribution in [0.2, 0.25) is 0 Å². The smallest absolute Gasteiger partial charge is 0.207 e. The van der Waals surface area contributed by atoms with E-state index in [1.807, 2.05) is 13.8 Å². The van der Waals surface area contributed by atoms with Crippen LogP contribution in [0.3, 0.4) is 0 Å². The van der Waals surface area contributed by atoms with Crippen LogP contribution in [0.5, 0.6) is 0 Å². The molecule has 0 radical (unpaired) electrons. The highest BCUT2D eigenvalue weighted by atomic mass is 35.5. The van der Waals surface area contributed by atoms with Crippen molar-refractivity contribution >= 4 is 21.6 Å². The normalized spacial score (nSPS) is 19.8. The summed E-state index contributed by atoms with van der Waals surface area (Å²) in [4.78, 5) is 0.113. The molecule has 3 nitrogen and oxygen atoms in total. The molecule has 0 amide bonds. The standard InChI is InChI=1S/C13H17ClFNO2S/c1-13(2)5-6-16(9-13)19(17,18)11-3-4-12(15)10(7-11)8-14/h3-4,7H,5-6,8-9H2,1-2H3. The number of rotatable bonds is 3. The zero-order valence-electron chi connectivity index (χ0n) is 11.0. The molecule has 0 aromatic heterocycles. The van der Waals surface area contributed by atoms with Gasteiger partial charge in [-0.2, -0.15) is 4.31 Å². The number of benzene rings is 1. The molecule has 6 heteroatoms. The summed E-state index contributed by atoms with van der Waals surface area (Å²) < 4.78 is 39.7. The van der Waals surface area contributed by atoms with Crippen molar-refractivity contribution in [2.45, 2.75) is 31.0 Å². The SMILES string of the molecule is CC1(C)CCN(S(=O)(=O)c2ccc(F)c(CCl)c2)C1. The third kappa shape index (κ3) is 2.93. The second-order valence-electron chi connectivity index (χ2n) is 5.64. The monoisotopic (exact) mass is 305 g/mol. The molecule has 1 aliphatic heterocycles. The number of alkyl halides is 1. The molecule has 1 aliphatic rings. The maximum Gasteiger partial charge on any atom is 0.243 e. The lowest BCUT2D eigenvalue weighted by Crippen LogP contribution is -2.30. The summed E-state index contributed by atoms with van der Waals surface area (Å²) in [5, 5.41) is 0. The van der Waals surface area contributed by atoms with Crippen LogP contribution in [0.25, 0.3) is 0 Å². The van der Waals surface area contributed by atoms with Gasteiger partial charge in [0.05, 0.1) is 10.8 Å². The molecule has 19 heavy (non-hydrogen) atoms. The molecule has 0 unspecified atom stereocenters. The second-order valence-corrected chi connectivity index (χ2v) is 7.84. The van der Waals surface area contributed by atoms with E-state index in [0.717, 1.165) is 12.5 Å². The molecule has 0 spiro atoms. The lowest BCUT2D eigenvalue weighted by atomic mass is 9.93. The topological polar surface area (TPSA) is 37.4 Å². The number of sulfonamides is 1. The van der Waals surface area contributed by atoms with E-state index in [1.165, 1.54) is 16.4 Å². The zero-order chi connectivity index (χ0) is 14.3. The quantitative estimate of drug-likeness (QED) is 0.805. The van der Waals surface area contributed by atoms with E-state index in [-0.39, 0.29) is 21.8 Å².